The fraction of sp³-hybridized carbons (Fsp3) is 0.222. The normalized spacial score (nSPS) is 11.2. The van der Waals surface area contributed by atoms with E-state index in [-0.39, 0.29) is 27.9 Å². The van der Waals surface area contributed by atoms with Crippen molar-refractivity contribution in [2.45, 2.75) is 6.92 Å². The number of aromatic nitrogens is 1. The monoisotopic (exact) mass is 260 g/mol. The first-order valence-corrected chi connectivity index (χ1v) is 5.58. The summed E-state index contributed by atoms with van der Waals surface area (Å²) in [7, 11) is 0. The number of rotatable bonds is 4. The van der Waals surface area contributed by atoms with Crippen molar-refractivity contribution in [1.82, 2.24) is 4.98 Å². The number of esters is 1. The molecule has 2 N–H and O–H groups in total. The molecule has 0 amide bonds. The van der Waals surface area contributed by atoms with Crippen molar-refractivity contribution < 1.29 is 14.3 Å². The fourth-order valence-electron chi connectivity index (χ4n) is 0.994. The molecule has 1 aromatic heterocycles. The molecule has 0 aromatic carbocycles. The van der Waals surface area contributed by atoms with E-state index in [1.807, 2.05) is 0 Å². The molecule has 16 heavy (non-hydrogen) atoms. The fourth-order valence-corrected chi connectivity index (χ4v) is 1.85. The third-order valence-electron chi connectivity index (χ3n) is 1.63. The molecule has 0 aliphatic heterocycles. The highest BCUT2D eigenvalue weighted by atomic mass is 35.5. The lowest BCUT2D eigenvalue weighted by atomic mass is 10.2. The van der Waals surface area contributed by atoms with Crippen LogP contribution in [0, 0.1) is 0 Å². The summed E-state index contributed by atoms with van der Waals surface area (Å²) in [5, 5.41) is 0.440. The van der Waals surface area contributed by atoms with Crippen LogP contribution >= 0.6 is 22.9 Å². The third-order valence-corrected chi connectivity index (χ3v) is 2.66. The molecule has 0 saturated heterocycles. The molecule has 1 heterocycles. The first-order chi connectivity index (χ1) is 7.63. The van der Waals surface area contributed by atoms with E-state index in [0.29, 0.717) is 6.29 Å². The van der Waals surface area contributed by atoms with E-state index in [4.69, 9.17) is 22.1 Å². The van der Waals surface area contributed by atoms with Crippen molar-refractivity contribution in [3.8, 4) is 0 Å². The lowest BCUT2D eigenvalue weighted by molar-refractivity contribution is -0.136. The molecule has 7 heteroatoms. The Morgan fingerprint density at radius 3 is 2.81 bits per heavy atom. The summed E-state index contributed by atoms with van der Waals surface area (Å²) in [6.45, 7) is 1.89. The highest BCUT2D eigenvalue weighted by Gasteiger charge is 2.19. The second kappa shape index (κ2) is 5.62. The summed E-state index contributed by atoms with van der Waals surface area (Å²) < 4.78 is 4.78. The quantitative estimate of drug-likeness (QED) is 0.506. The summed E-state index contributed by atoms with van der Waals surface area (Å²) >= 11 is 6.50. The zero-order valence-electron chi connectivity index (χ0n) is 8.40. The molecule has 1 aromatic rings. The van der Waals surface area contributed by atoms with Gasteiger partial charge in [0.05, 0.1) is 12.2 Å². The van der Waals surface area contributed by atoms with Crippen molar-refractivity contribution in [2.75, 3.05) is 12.3 Å². The number of nitrogen functional groups attached to an aromatic ring is 1. The van der Waals surface area contributed by atoms with Gasteiger partial charge in [-0.2, -0.15) is 0 Å². The summed E-state index contributed by atoms with van der Waals surface area (Å²) in [5.74, 6) is -0.619. The molecule has 0 aliphatic rings. The Balaban J connectivity index is 3.09. The number of anilines is 1. The van der Waals surface area contributed by atoms with Crippen molar-refractivity contribution in [3.05, 3.63) is 16.2 Å². The van der Waals surface area contributed by atoms with Gasteiger partial charge in [-0.1, -0.05) is 22.9 Å². The van der Waals surface area contributed by atoms with Crippen LogP contribution in [0.25, 0.3) is 5.57 Å². The van der Waals surface area contributed by atoms with E-state index in [1.54, 1.807) is 6.92 Å². The van der Waals surface area contributed by atoms with E-state index in [1.165, 1.54) is 0 Å². The lowest BCUT2D eigenvalue weighted by Gasteiger charge is -2.03. The standard InChI is InChI=1S/C9H9ClN2O3S/c1-2-15-9(14)5(3-10)7-8(11)16-6(4-13)12-7/h3-4H,2,11H2,1H3/b5-3-. The Kier molecular flexibility index (Phi) is 4.45. The molecule has 0 radical (unpaired) electrons. The first kappa shape index (κ1) is 12.7. The van der Waals surface area contributed by atoms with Gasteiger partial charge in [0, 0.05) is 5.54 Å². The molecular formula is C9H9ClN2O3S. The van der Waals surface area contributed by atoms with Gasteiger partial charge in [0.2, 0.25) is 0 Å². The number of nitrogens with two attached hydrogens (primary N) is 1. The van der Waals surface area contributed by atoms with E-state index >= 15 is 0 Å². The highest BCUT2D eigenvalue weighted by molar-refractivity contribution is 7.17. The van der Waals surface area contributed by atoms with E-state index in [9.17, 15) is 9.59 Å². The van der Waals surface area contributed by atoms with Crippen LogP contribution in [0.1, 0.15) is 22.4 Å². The van der Waals surface area contributed by atoms with Gasteiger partial charge in [-0.05, 0) is 6.92 Å². The van der Waals surface area contributed by atoms with Crippen LogP contribution in [0.2, 0.25) is 0 Å². The van der Waals surface area contributed by atoms with Gasteiger partial charge in [-0.15, -0.1) is 0 Å². The van der Waals surface area contributed by atoms with Crippen molar-refractivity contribution in [2.24, 2.45) is 0 Å². The molecule has 0 atom stereocenters. The maximum Gasteiger partial charge on any atom is 0.341 e. The van der Waals surface area contributed by atoms with Crippen LogP contribution < -0.4 is 5.73 Å². The maximum absolute atomic E-state index is 11.5. The lowest BCUT2D eigenvalue weighted by Crippen LogP contribution is -2.08. The highest BCUT2D eigenvalue weighted by Crippen LogP contribution is 2.27. The number of nitrogens with zero attached hydrogens (tertiary/aromatic N) is 1. The number of halogens is 1. The minimum absolute atomic E-state index is 0.0466. The smallest absolute Gasteiger partial charge is 0.341 e. The summed E-state index contributed by atoms with van der Waals surface area (Å²) in [5.41, 5.74) is 6.88. The van der Waals surface area contributed by atoms with Crippen LogP contribution in [0.15, 0.2) is 5.54 Å². The number of carbonyl (C=O) groups is 2. The van der Waals surface area contributed by atoms with Crippen molar-refractivity contribution in [3.63, 3.8) is 0 Å². The van der Waals surface area contributed by atoms with Gasteiger partial charge in [0.25, 0.3) is 0 Å². The van der Waals surface area contributed by atoms with Gasteiger partial charge >= 0.3 is 5.97 Å². The molecule has 0 fully saturated rings. The average molecular weight is 261 g/mol. The second-order valence-electron chi connectivity index (χ2n) is 2.63. The zero-order valence-corrected chi connectivity index (χ0v) is 9.97. The maximum atomic E-state index is 11.5. The average Bonchev–Trinajstić information content (AvgIpc) is 2.62. The first-order valence-electron chi connectivity index (χ1n) is 4.33. The van der Waals surface area contributed by atoms with E-state index in [0.717, 1.165) is 16.9 Å². The SMILES string of the molecule is CCOC(=O)/C(=C\Cl)c1nc(C=O)sc1N. The van der Waals surface area contributed by atoms with Crippen molar-refractivity contribution in [1.29, 1.82) is 0 Å². The predicted molar refractivity (Wildman–Crippen MR) is 62.4 cm³/mol. The molecule has 0 spiro atoms. The van der Waals surface area contributed by atoms with Crippen molar-refractivity contribution >= 4 is 45.8 Å². The number of carbonyl (C=O) groups excluding carboxylic acids is 2. The third kappa shape index (κ3) is 2.59. The summed E-state index contributed by atoms with van der Waals surface area (Å²) in [6, 6.07) is 0. The molecule has 1 rings (SSSR count). The second-order valence-corrected chi connectivity index (χ2v) is 3.91. The number of thiazole rings is 1. The summed E-state index contributed by atoms with van der Waals surface area (Å²) in [4.78, 5) is 25.8. The molecular weight excluding hydrogens is 252 g/mol. The molecule has 5 nitrogen and oxygen atoms in total. The Morgan fingerprint density at radius 2 is 2.38 bits per heavy atom. The van der Waals surface area contributed by atoms with Gasteiger partial charge in [0.1, 0.15) is 10.7 Å². The molecule has 0 aliphatic carbocycles. The zero-order chi connectivity index (χ0) is 12.1. The molecule has 0 bridgehead atoms. The predicted octanol–water partition coefficient (Wildman–Crippen LogP) is 1.68. The van der Waals surface area contributed by atoms with Crippen LogP contribution in [-0.2, 0) is 9.53 Å². The molecule has 0 unspecified atom stereocenters. The minimum Gasteiger partial charge on any atom is -0.462 e. The number of hydrogen-bond donors (Lipinski definition) is 1. The van der Waals surface area contributed by atoms with Crippen LogP contribution in [-0.4, -0.2) is 23.8 Å². The Bertz CT molecular complexity index is 442. The van der Waals surface area contributed by atoms with Gasteiger partial charge in [-0.3, -0.25) is 4.79 Å². The number of aldehydes is 1. The van der Waals surface area contributed by atoms with E-state index in [2.05, 4.69) is 4.98 Å². The largest absolute Gasteiger partial charge is 0.462 e. The Labute approximate surface area is 101 Å². The Morgan fingerprint density at radius 1 is 1.69 bits per heavy atom. The molecule has 86 valence electrons. The Hall–Kier alpha value is -1.40. The summed E-state index contributed by atoms with van der Waals surface area (Å²) in [6.07, 6.45) is 0.557. The van der Waals surface area contributed by atoms with Crippen LogP contribution in [0.3, 0.4) is 0 Å². The van der Waals surface area contributed by atoms with E-state index < -0.39 is 5.97 Å². The van der Waals surface area contributed by atoms with Gasteiger partial charge in [-0.25, -0.2) is 9.78 Å². The molecule has 0 saturated carbocycles. The topological polar surface area (TPSA) is 82.3 Å². The minimum atomic E-state index is -0.619. The van der Waals surface area contributed by atoms with Gasteiger partial charge < -0.3 is 10.5 Å². The van der Waals surface area contributed by atoms with Crippen LogP contribution in [0.5, 0.6) is 0 Å². The number of ether oxygens (including phenoxy) is 1. The van der Waals surface area contributed by atoms with Gasteiger partial charge in [0.15, 0.2) is 11.3 Å². The number of hydrogen-bond acceptors (Lipinski definition) is 6. The van der Waals surface area contributed by atoms with Crippen LogP contribution in [0.4, 0.5) is 5.00 Å².